The first-order valence-electron chi connectivity index (χ1n) is 8.46. The summed E-state index contributed by atoms with van der Waals surface area (Å²) in [7, 11) is 0. The molecule has 1 saturated heterocycles. The first-order valence-corrected chi connectivity index (χ1v) is 9.26. The standard InChI is InChI=1S/C19H22BrN3O2/c1-14-18(15-5-7-16(20)8-6-15)25-13-12-23(14)19(24)22-11-9-17-4-2-3-10-21-17/h2-8,10,14,18H,9,11-13H2,1H3,(H,22,24)/t14-,18+/m0/s1. The van der Waals surface area contributed by atoms with Crippen LogP contribution in [0, 0.1) is 0 Å². The lowest BCUT2D eigenvalue weighted by molar-refractivity contribution is -0.0497. The molecule has 2 aromatic rings. The Hall–Kier alpha value is -1.92. The Kier molecular flexibility index (Phi) is 6.04. The van der Waals surface area contributed by atoms with Crippen molar-refractivity contribution in [3.05, 3.63) is 64.4 Å². The highest BCUT2D eigenvalue weighted by molar-refractivity contribution is 9.10. The number of nitrogens with one attached hydrogen (secondary N) is 1. The van der Waals surface area contributed by atoms with Crippen LogP contribution in [0.5, 0.6) is 0 Å². The van der Waals surface area contributed by atoms with Crippen molar-refractivity contribution in [2.24, 2.45) is 0 Å². The minimum absolute atomic E-state index is 0.0234. The van der Waals surface area contributed by atoms with Gasteiger partial charge in [-0.1, -0.05) is 34.1 Å². The van der Waals surface area contributed by atoms with Gasteiger partial charge in [0.15, 0.2) is 0 Å². The molecule has 0 bridgehead atoms. The maximum absolute atomic E-state index is 12.6. The number of halogens is 1. The predicted octanol–water partition coefficient (Wildman–Crippen LogP) is 3.56. The number of carbonyl (C=O) groups excluding carboxylic acids is 1. The van der Waals surface area contributed by atoms with Crippen LogP contribution in [0.15, 0.2) is 53.1 Å². The monoisotopic (exact) mass is 403 g/mol. The third-order valence-corrected chi connectivity index (χ3v) is 4.93. The van der Waals surface area contributed by atoms with Gasteiger partial charge < -0.3 is 15.0 Å². The van der Waals surface area contributed by atoms with E-state index in [9.17, 15) is 4.79 Å². The van der Waals surface area contributed by atoms with Crippen LogP contribution in [0.1, 0.15) is 24.3 Å². The van der Waals surface area contributed by atoms with Crippen LogP contribution in [-0.2, 0) is 11.2 Å². The Bertz CT molecular complexity index is 694. The highest BCUT2D eigenvalue weighted by atomic mass is 79.9. The van der Waals surface area contributed by atoms with E-state index in [0.29, 0.717) is 19.7 Å². The molecule has 2 atom stereocenters. The number of benzene rings is 1. The number of morpholine rings is 1. The van der Waals surface area contributed by atoms with Gasteiger partial charge in [-0.3, -0.25) is 4.98 Å². The SMILES string of the molecule is C[C@H]1[C@H](c2ccc(Br)cc2)OCCN1C(=O)NCCc1ccccn1. The van der Waals surface area contributed by atoms with Crippen molar-refractivity contribution < 1.29 is 9.53 Å². The molecule has 2 heterocycles. The molecule has 132 valence electrons. The zero-order valence-corrected chi connectivity index (χ0v) is 15.8. The van der Waals surface area contributed by atoms with E-state index in [1.54, 1.807) is 6.20 Å². The zero-order valence-electron chi connectivity index (χ0n) is 14.2. The third-order valence-electron chi connectivity index (χ3n) is 4.40. The number of nitrogens with zero attached hydrogens (tertiary/aromatic N) is 2. The number of hydrogen-bond donors (Lipinski definition) is 1. The van der Waals surface area contributed by atoms with Crippen LogP contribution in [0.4, 0.5) is 4.79 Å². The fraction of sp³-hybridized carbons (Fsp3) is 0.368. The average molecular weight is 404 g/mol. The zero-order chi connectivity index (χ0) is 17.6. The molecule has 2 amide bonds. The molecule has 1 N–H and O–H groups in total. The molecule has 0 unspecified atom stereocenters. The fourth-order valence-corrected chi connectivity index (χ4v) is 3.31. The van der Waals surface area contributed by atoms with E-state index >= 15 is 0 Å². The third kappa shape index (κ3) is 4.58. The number of aromatic nitrogens is 1. The number of hydrogen-bond acceptors (Lipinski definition) is 3. The molecule has 0 radical (unpaired) electrons. The molecule has 1 aliphatic heterocycles. The summed E-state index contributed by atoms with van der Waals surface area (Å²) >= 11 is 3.45. The summed E-state index contributed by atoms with van der Waals surface area (Å²) in [5, 5.41) is 3.00. The molecule has 3 rings (SSSR count). The molecule has 25 heavy (non-hydrogen) atoms. The van der Waals surface area contributed by atoms with E-state index in [0.717, 1.165) is 22.2 Å². The van der Waals surface area contributed by atoms with E-state index in [4.69, 9.17) is 4.74 Å². The quantitative estimate of drug-likeness (QED) is 0.848. The van der Waals surface area contributed by atoms with E-state index in [1.807, 2.05) is 54.3 Å². The molecule has 1 aromatic heterocycles. The summed E-state index contributed by atoms with van der Waals surface area (Å²) in [5.41, 5.74) is 2.06. The summed E-state index contributed by atoms with van der Waals surface area (Å²) in [4.78, 5) is 18.7. The number of amides is 2. The average Bonchev–Trinajstić information content (AvgIpc) is 2.63. The van der Waals surface area contributed by atoms with Crippen molar-refractivity contribution in [3.63, 3.8) is 0 Å². The van der Waals surface area contributed by atoms with Gasteiger partial charge in [0.1, 0.15) is 6.10 Å². The van der Waals surface area contributed by atoms with E-state index < -0.39 is 0 Å². The number of urea groups is 1. The number of rotatable bonds is 4. The summed E-state index contributed by atoms with van der Waals surface area (Å²) in [6.45, 7) is 3.75. The van der Waals surface area contributed by atoms with Crippen molar-refractivity contribution in [3.8, 4) is 0 Å². The van der Waals surface area contributed by atoms with E-state index in [-0.39, 0.29) is 18.2 Å². The molecule has 5 nitrogen and oxygen atoms in total. The van der Waals surface area contributed by atoms with Crippen LogP contribution < -0.4 is 5.32 Å². The van der Waals surface area contributed by atoms with E-state index in [1.165, 1.54) is 0 Å². The molecule has 0 aliphatic carbocycles. The van der Waals surface area contributed by atoms with Crippen molar-refractivity contribution in [2.45, 2.75) is 25.5 Å². The molecule has 1 fully saturated rings. The maximum atomic E-state index is 12.6. The van der Waals surface area contributed by atoms with Crippen LogP contribution in [0.25, 0.3) is 0 Å². The van der Waals surface area contributed by atoms with Gasteiger partial charge in [-0.2, -0.15) is 0 Å². The second-order valence-corrected chi connectivity index (χ2v) is 7.00. The lowest BCUT2D eigenvalue weighted by Gasteiger charge is -2.39. The lowest BCUT2D eigenvalue weighted by atomic mass is 10.0. The Morgan fingerprint density at radius 2 is 2.12 bits per heavy atom. The normalized spacial score (nSPS) is 20.3. The maximum Gasteiger partial charge on any atom is 0.317 e. The minimum Gasteiger partial charge on any atom is -0.370 e. The molecule has 1 aliphatic rings. The number of pyridine rings is 1. The molecule has 1 aromatic carbocycles. The minimum atomic E-state index is -0.108. The summed E-state index contributed by atoms with van der Waals surface area (Å²) in [5.74, 6) is 0. The van der Waals surface area contributed by atoms with Crippen molar-refractivity contribution >= 4 is 22.0 Å². The van der Waals surface area contributed by atoms with Crippen LogP contribution in [0.3, 0.4) is 0 Å². The lowest BCUT2D eigenvalue weighted by Crippen LogP contribution is -2.52. The Morgan fingerprint density at radius 1 is 1.32 bits per heavy atom. The van der Waals surface area contributed by atoms with Crippen molar-refractivity contribution in [1.29, 1.82) is 0 Å². The van der Waals surface area contributed by atoms with Gasteiger partial charge in [-0.15, -0.1) is 0 Å². The van der Waals surface area contributed by atoms with Gasteiger partial charge in [0.2, 0.25) is 0 Å². The Balaban J connectivity index is 1.57. The van der Waals surface area contributed by atoms with Crippen LogP contribution >= 0.6 is 15.9 Å². The number of carbonyl (C=O) groups is 1. The van der Waals surface area contributed by atoms with E-state index in [2.05, 4.69) is 26.2 Å². The predicted molar refractivity (Wildman–Crippen MR) is 100 cm³/mol. The van der Waals surface area contributed by atoms with Gasteiger partial charge in [-0.05, 0) is 36.8 Å². The summed E-state index contributed by atoms with van der Waals surface area (Å²) in [6.07, 6.45) is 2.38. The molecule has 0 spiro atoms. The molecular formula is C19H22BrN3O2. The second kappa shape index (κ2) is 8.45. The highest BCUT2D eigenvalue weighted by Crippen LogP contribution is 2.29. The van der Waals surface area contributed by atoms with Gasteiger partial charge in [-0.25, -0.2) is 4.79 Å². The van der Waals surface area contributed by atoms with Crippen LogP contribution in [0.2, 0.25) is 0 Å². The first kappa shape index (κ1) is 17.9. The largest absolute Gasteiger partial charge is 0.370 e. The van der Waals surface area contributed by atoms with Gasteiger partial charge in [0.25, 0.3) is 0 Å². The molecular weight excluding hydrogens is 382 g/mol. The van der Waals surface area contributed by atoms with Crippen molar-refractivity contribution in [2.75, 3.05) is 19.7 Å². The Morgan fingerprint density at radius 3 is 2.84 bits per heavy atom. The topological polar surface area (TPSA) is 54.5 Å². The first-order chi connectivity index (χ1) is 12.1. The smallest absolute Gasteiger partial charge is 0.317 e. The van der Waals surface area contributed by atoms with Crippen LogP contribution in [-0.4, -0.2) is 41.7 Å². The van der Waals surface area contributed by atoms with Crippen molar-refractivity contribution in [1.82, 2.24) is 15.2 Å². The molecule has 6 heteroatoms. The number of ether oxygens (including phenoxy) is 1. The summed E-state index contributed by atoms with van der Waals surface area (Å²) < 4.78 is 6.95. The Labute approximate surface area is 156 Å². The summed E-state index contributed by atoms with van der Waals surface area (Å²) in [6, 6.07) is 13.8. The second-order valence-electron chi connectivity index (χ2n) is 6.08. The fourth-order valence-electron chi connectivity index (χ4n) is 3.04. The van der Waals surface area contributed by atoms with Gasteiger partial charge in [0, 0.05) is 35.9 Å². The highest BCUT2D eigenvalue weighted by Gasteiger charge is 2.32. The van der Waals surface area contributed by atoms with Gasteiger partial charge in [0.05, 0.1) is 12.6 Å². The van der Waals surface area contributed by atoms with Gasteiger partial charge >= 0.3 is 6.03 Å². The molecule has 0 saturated carbocycles.